The molecule has 1 heterocycles. The van der Waals surface area contributed by atoms with Crippen LogP contribution < -0.4 is 4.74 Å². The van der Waals surface area contributed by atoms with E-state index in [-0.39, 0.29) is 12.0 Å². The second-order valence-electron chi connectivity index (χ2n) is 5.39. The van der Waals surface area contributed by atoms with Gasteiger partial charge in [0.2, 0.25) is 0 Å². The lowest BCUT2D eigenvalue weighted by Crippen LogP contribution is -2.42. The van der Waals surface area contributed by atoms with Gasteiger partial charge in [0.15, 0.2) is 0 Å². The third-order valence-corrected chi connectivity index (χ3v) is 4.18. The Hall–Kier alpha value is -2.04. The first-order valence-electron chi connectivity index (χ1n) is 7.48. The Morgan fingerprint density at radius 3 is 2.52 bits per heavy atom. The van der Waals surface area contributed by atoms with Crippen molar-refractivity contribution in [3.63, 3.8) is 0 Å². The second-order valence-corrected chi connectivity index (χ2v) is 5.83. The number of carbonyl (C=O) groups excluding carboxylic acids is 1. The summed E-state index contributed by atoms with van der Waals surface area (Å²) in [6, 6.07) is 14.7. The average Bonchev–Trinajstić information content (AvgIpc) is 2.62. The number of amides is 1. The minimum atomic E-state index is -0.122. The zero-order valence-corrected chi connectivity index (χ0v) is 13.6. The number of hydrogen-bond donors (Lipinski definition) is 0. The first kappa shape index (κ1) is 15.8. The summed E-state index contributed by atoms with van der Waals surface area (Å²) in [6.45, 7) is 1.65. The van der Waals surface area contributed by atoms with E-state index in [9.17, 15) is 4.79 Å². The number of nitrogens with zero attached hydrogens (tertiary/aromatic N) is 1. The molecule has 0 saturated carbocycles. The Balaban J connectivity index is 1.72. The van der Waals surface area contributed by atoms with Gasteiger partial charge in [-0.15, -0.1) is 0 Å². The van der Waals surface area contributed by atoms with Crippen LogP contribution in [0.2, 0.25) is 5.02 Å². The zero-order chi connectivity index (χ0) is 16.2. The van der Waals surface area contributed by atoms with Crippen molar-refractivity contribution in [3.8, 4) is 5.75 Å². The lowest BCUT2D eigenvalue weighted by molar-refractivity contribution is -0.0228. The van der Waals surface area contributed by atoms with Gasteiger partial charge < -0.3 is 14.4 Å². The van der Waals surface area contributed by atoms with Gasteiger partial charge in [-0.25, -0.2) is 0 Å². The van der Waals surface area contributed by atoms with E-state index in [1.165, 1.54) is 0 Å². The molecule has 1 unspecified atom stereocenters. The molecule has 1 fully saturated rings. The largest absolute Gasteiger partial charge is 0.497 e. The van der Waals surface area contributed by atoms with Crippen LogP contribution in [0.3, 0.4) is 0 Å². The average molecular weight is 332 g/mol. The van der Waals surface area contributed by atoms with Crippen molar-refractivity contribution in [3.05, 3.63) is 64.7 Å². The third kappa shape index (κ3) is 3.66. The molecule has 1 atom stereocenters. The summed E-state index contributed by atoms with van der Waals surface area (Å²) in [5.41, 5.74) is 1.68. The van der Waals surface area contributed by atoms with Crippen LogP contribution in [0.15, 0.2) is 48.5 Å². The Labute approximate surface area is 140 Å². The zero-order valence-electron chi connectivity index (χ0n) is 12.9. The van der Waals surface area contributed by atoms with E-state index in [1.807, 2.05) is 29.2 Å². The van der Waals surface area contributed by atoms with Gasteiger partial charge in [-0.05, 0) is 42.0 Å². The van der Waals surface area contributed by atoms with Gasteiger partial charge in [0.25, 0.3) is 5.91 Å². The van der Waals surface area contributed by atoms with Crippen LogP contribution >= 0.6 is 11.6 Å². The smallest absolute Gasteiger partial charge is 0.254 e. The van der Waals surface area contributed by atoms with Crippen molar-refractivity contribution < 1.29 is 14.3 Å². The van der Waals surface area contributed by atoms with Gasteiger partial charge in [-0.3, -0.25) is 4.79 Å². The molecule has 5 heteroatoms. The quantitative estimate of drug-likeness (QED) is 0.863. The molecule has 0 aromatic heterocycles. The molecule has 0 radical (unpaired) electrons. The van der Waals surface area contributed by atoms with Crippen LogP contribution in [-0.2, 0) is 4.74 Å². The first-order chi connectivity index (χ1) is 11.2. The van der Waals surface area contributed by atoms with E-state index in [1.54, 1.807) is 31.4 Å². The van der Waals surface area contributed by atoms with Crippen LogP contribution in [0.1, 0.15) is 22.0 Å². The number of hydrogen-bond acceptors (Lipinski definition) is 3. The minimum absolute atomic E-state index is 0.00918. The van der Waals surface area contributed by atoms with E-state index in [0.717, 1.165) is 11.3 Å². The number of rotatable bonds is 3. The standard InChI is InChI=1S/C18H18ClNO3/c1-22-16-8-4-14(5-9-16)18(21)20-10-11-23-17(12-20)13-2-6-15(19)7-3-13/h2-9,17H,10-12H2,1H3. The number of ether oxygens (including phenoxy) is 2. The van der Waals surface area contributed by atoms with Crippen molar-refractivity contribution in [1.82, 2.24) is 4.90 Å². The summed E-state index contributed by atoms with van der Waals surface area (Å²) < 4.78 is 10.9. The molecule has 2 aromatic carbocycles. The Bertz CT molecular complexity index is 670. The molecule has 0 bridgehead atoms. The van der Waals surface area contributed by atoms with Crippen molar-refractivity contribution in [2.75, 3.05) is 26.8 Å². The predicted molar refractivity (Wildman–Crippen MR) is 89.0 cm³/mol. The fraction of sp³-hybridized carbons (Fsp3) is 0.278. The topological polar surface area (TPSA) is 38.8 Å². The van der Waals surface area contributed by atoms with Gasteiger partial charge in [-0.1, -0.05) is 23.7 Å². The maximum absolute atomic E-state index is 12.6. The van der Waals surface area contributed by atoms with Crippen LogP contribution in [0, 0.1) is 0 Å². The molecule has 0 spiro atoms. The molecule has 1 amide bonds. The molecule has 2 aromatic rings. The monoisotopic (exact) mass is 331 g/mol. The fourth-order valence-electron chi connectivity index (χ4n) is 2.63. The summed E-state index contributed by atoms with van der Waals surface area (Å²) in [5, 5.41) is 0.690. The lowest BCUT2D eigenvalue weighted by atomic mass is 10.1. The molecule has 0 aliphatic carbocycles. The second kappa shape index (κ2) is 7.02. The molecule has 1 aliphatic heterocycles. The Morgan fingerprint density at radius 2 is 1.87 bits per heavy atom. The molecule has 3 rings (SSSR count). The highest BCUT2D eigenvalue weighted by atomic mass is 35.5. The molecule has 120 valence electrons. The van der Waals surface area contributed by atoms with Crippen molar-refractivity contribution in [1.29, 1.82) is 0 Å². The lowest BCUT2D eigenvalue weighted by Gasteiger charge is -2.33. The molecule has 23 heavy (non-hydrogen) atoms. The van der Waals surface area contributed by atoms with Crippen molar-refractivity contribution in [2.45, 2.75) is 6.10 Å². The summed E-state index contributed by atoms with van der Waals surface area (Å²) in [4.78, 5) is 14.5. The van der Waals surface area contributed by atoms with Crippen molar-refractivity contribution >= 4 is 17.5 Å². The summed E-state index contributed by atoms with van der Waals surface area (Å²) >= 11 is 5.92. The number of carbonyl (C=O) groups is 1. The van der Waals surface area contributed by atoms with Crippen LogP contribution in [0.25, 0.3) is 0 Å². The van der Waals surface area contributed by atoms with E-state index in [2.05, 4.69) is 0 Å². The van der Waals surface area contributed by atoms with Crippen molar-refractivity contribution in [2.24, 2.45) is 0 Å². The van der Waals surface area contributed by atoms with Gasteiger partial charge in [-0.2, -0.15) is 0 Å². The molecular formula is C18H18ClNO3. The first-order valence-corrected chi connectivity index (χ1v) is 7.85. The highest BCUT2D eigenvalue weighted by Crippen LogP contribution is 2.25. The Kier molecular flexibility index (Phi) is 4.84. The highest BCUT2D eigenvalue weighted by Gasteiger charge is 2.26. The number of morpholine rings is 1. The predicted octanol–water partition coefficient (Wildman–Crippen LogP) is 3.56. The molecule has 1 aliphatic rings. The van der Waals surface area contributed by atoms with Gasteiger partial charge in [0, 0.05) is 17.1 Å². The summed E-state index contributed by atoms with van der Waals surface area (Å²) in [5.74, 6) is 0.748. The van der Waals surface area contributed by atoms with Crippen LogP contribution in [0.4, 0.5) is 0 Å². The van der Waals surface area contributed by atoms with Gasteiger partial charge in [0.1, 0.15) is 11.9 Å². The van der Waals surface area contributed by atoms with E-state index < -0.39 is 0 Å². The van der Waals surface area contributed by atoms with E-state index in [0.29, 0.717) is 30.3 Å². The molecular weight excluding hydrogens is 314 g/mol. The van der Waals surface area contributed by atoms with E-state index >= 15 is 0 Å². The van der Waals surface area contributed by atoms with E-state index in [4.69, 9.17) is 21.1 Å². The highest BCUT2D eigenvalue weighted by molar-refractivity contribution is 6.30. The molecule has 4 nitrogen and oxygen atoms in total. The minimum Gasteiger partial charge on any atom is -0.497 e. The van der Waals surface area contributed by atoms with Gasteiger partial charge in [0.05, 0.1) is 20.3 Å². The number of halogens is 1. The number of benzene rings is 2. The van der Waals surface area contributed by atoms with Crippen LogP contribution in [-0.4, -0.2) is 37.6 Å². The fourth-order valence-corrected chi connectivity index (χ4v) is 2.75. The normalized spacial score (nSPS) is 17.8. The maximum Gasteiger partial charge on any atom is 0.254 e. The Morgan fingerprint density at radius 1 is 1.17 bits per heavy atom. The number of methoxy groups -OCH3 is 1. The molecule has 0 N–H and O–H groups in total. The maximum atomic E-state index is 12.6. The summed E-state index contributed by atoms with van der Waals surface area (Å²) in [6.07, 6.45) is -0.122. The summed E-state index contributed by atoms with van der Waals surface area (Å²) in [7, 11) is 1.61. The van der Waals surface area contributed by atoms with Crippen LogP contribution in [0.5, 0.6) is 5.75 Å². The third-order valence-electron chi connectivity index (χ3n) is 3.93. The SMILES string of the molecule is COc1ccc(C(=O)N2CCOC(c3ccc(Cl)cc3)C2)cc1. The molecule has 1 saturated heterocycles. The van der Waals surface area contributed by atoms with Gasteiger partial charge >= 0.3 is 0 Å².